The van der Waals surface area contributed by atoms with Crippen LogP contribution in [0.25, 0.3) is 11.0 Å². The smallest absolute Gasteiger partial charge is 0.324 e. The van der Waals surface area contributed by atoms with Crippen molar-refractivity contribution in [2.45, 2.75) is 0 Å². The number of para-hydroxylation sites is 2. The van der Waals surface area contributed by atoms with Gasteiger partial charge in [-0.1, -0.05) is 12.1 Å². The third-order valence-electron chi connectivity index (χ3n) is 2.80. The Morgan fingerprint density at radius 2 is 1.90 bits per heavy atom. The van der Waals surface area contributed by atoms with E-state index in [9.17, 15) is 13.6 Å². The Morgan fingerprint density at radius 1 is 1.10 bits per heavy atom. The summed E-state index contributed by atoms with van der Waals surface area (Å²) in [6.07, 6.45) is 0. The van der Waals surface area contributed by atoms with Gasteiger partial charge >= 0.3 is 6.03 Å². The van der Waals surface area contributed by atoms with Gasteiger partial charge in [0.05, 0.1) is 16.7 Å². The Kier molecular flexibility index (Phi) is 3.23. The predicted molar refractivity (Wildman–Crippen MR) is 75.1 cm³/mol. The fourth-order valence-corrected chi connectivity index (χ4v) is 1.86. The third kappa shape index (κ3) is 2.81. The molecule has 0 unspecified atom stereocenters. The molecule has 5 nitrogen and oxygen atoms in total. The van der Waals surface area contributed by atoms with Crippen LogP contribution in [0.15, 0.2) is 42.5 Å². The first-order valence-electron chi connectivity index (χ1n) is 6.09. The second-order valence-corrected chi connectivity index (χ2v) is 4.31. The summed E-state index contributed by atoms with van der Waals surface area (Å²) in [4.78, 5) is 18.8. The van der Waals surface area contributed by atoms with Crippen molar-refractivity contribution in [2.24, 2.45) is 0 Å². The highest BCUT2D eigenvalue weighted by atomic mass is 19.1. The van der Waals surface area contributed by atoms with E-state index in [2.05, 4.69) is 20.6 Å². The first-order valence-corrected chi connectivity index (χ1v) is 6.09. The highest BCUT2D eigenvalue weighted by molar-refractivity contribution is 5.99. The summed E-state index contributed by atoms with van der Waals surface area (Å²) in [6, 6.07) is 9.46. The van der Waals surface area contributed by atoms with Crippen molar-refractivity contribution in [3.8, 4) is 0 Å². The number of imidazole rings is 1. The van der Waals surface area contributed by atoms with Crippen molar-refractivity contribution in [3.63, 3.8) is 0 Å². The molecule has 21 heavy (non-hydrogen) atoms. The van der Waals surface area contributed by atoms with Gasteiger partial charge in [-0.25, -0.2) is 18.6 Å². The zero-order chi connectivity index (χ0) is 14.8. The number of nitrogens with one attached hydrogen (secondary N) is 3. The second-order valence-electron chi connectivity index (χ2n) is 4.31. The van der Waals surface area contributed by atoms with Crippen LogP contribution in [0.2, 0.25) is 0 Å². The Balaban J connectivity index is 1.74. The minimum absolute atomic E-state index is 0.120. The lowest BCUT2D eigenvalue weighted by Gasteiger charge is -2.06. The van der Waals surface area contributed by atoms with Gasteiger partial charge in [0.1, 0.15) is 11.6 Å². The van der Waals surface area contributed by atoms with Crippen LogP contribution in [0.4, 0.5) is 25.2 Å². The number of fused-ring (bicyclic) bond motifs is 1. The number of aromatic amines is 1. The number of urea groups is 1. The summed E-state index contributed by atoms with van der Waals surface area (Å²) >= 11 is 0. The van der Waals surface area contributed by atoms with Gasteiger partial charge in [-0.05, 0) is 24.3 Å². The molecule has 3 rings (SSSR count). The maximum atomic E-state index is 13.4. The van der Waals surface area contributed by atoms with Crippen molar-refractivity contribution >= 4 is 28.7 Å². The van der Waals surface area contributed by atoms with Crippen LogP contribution in [0.3, 0.4) is 0 Å². The van der Waals surface area contributed by atoms with Crippen molar-refractivity contribution in [1.82, 2.24) is 9.97 Å². The average Bonchev–Trinajstić information content (AvgIpc) is 2.84. The quantitative estimate of drug-likeness (QED) is 0.675. The number of hydrogen-bond donors (Lipinski definition) is 3. The largest absolute Gasteiger partial charge is 0.326 e. The molecule has 2 aromatic carbocycles. The van der Waals surface area contributed by atoms with Crippen LogP contribution >= 0.6 is 0 Å². The van der Waals surface area contributed by atoms with Crippen LogP contribution in [0.1, 0.15) is 0 Å². The van der Waals surface area contributed by atoms with Crippen LogP contribution < -0.4 is 10.6 Å². The molecule has 2 amide bonds. The average molecular weight is 288 g/mol. The molecular formula is C14H10F2N4O. The molecule has 1 aromatic heterocycles. The second kappa shape index (κ2) is 5.20. The maximum absolute atomic E-state index is 13.4. The fourth-order valence-electron chi connectivity index (χ4n) is 1.86. The lowest BCUT2D eigenvalue weighted by atomic mass is 10.3. The molecule has 0 aliphatic rings. The summed E-state index contributed by atoms with van der Waals surface area (Å²) in [6.45, 7) is 0. The number of benzene rings is 2. The van der Waals surface area contributed by atoms with E-state index in [4.69, 9.17) is 0 Å². The number of hydrogen-bond acceptors (Lipinski definition) is 2. The van der Waals surface area contributed by atoms with Crippen molar-refractivity contribution in [1.29, 1.82) is 0 Å². The molecular weight excluding hydrogens is 278 g/mol. The van der Waals surface area contributed by atoms with E-state index in [1.54, 1.807) is 6.07 Å². The van der Waals surface area contributed by atoms with Gasteiger partial charge in [-0.15, -0.1) is 0 Å². The minimum Gasteiger partial charge on any atom is -0.324 e. The van der Waals surface area contributed by atoms with E-state index in [0.29, 0.717) is 11.6 Å². The predicted octanol–water partition coefficient (Wildman–Crippen LogP) is 3.49. The lowest BCUT2D eigenvalue weighted by molar-refractivity contribution is 0.262. The van der Waals surface area contributed by atoms with Gasteiger partial charge in [-0.2, -0.15) is 0 Å². The normalized spacial score (nSPS) is 10.6. The number of amides is 2. The van der Waals surface area contributed by atoms with E-state index in [-0.39, 0.29) is 11.6 Å². The van der Waals surface area contributed by atoms with Gasteiger partial charge in [-0.3, -0.25) is 5.32 Å². The van der Waals surface area contributed by atoms with Gasteiger partial charge in [0.25, 0.3) is 0 Å². The number of halogens is 2. The molecule has 0 aliphatic carbocycles. The molecule has 0 saturated heterocycles. The summed E-state index contributed by atoms with van der Waals surface area (Å²) in [7, 11) is 0. The number of aromatic nitrogens is 2. The highest BCUT2D eigenvalue weighted by Crippen LogP contribution is 2.16. The molecule has 0 saturated carbocycles. The van der Waals surface area contributed by atoms with Crippen molar-refractivity contribution in [2.75, 3.05) is 10.6 Å². The topological polar surface area (TPSA) is 69.8 Å². The zero-order valence-corrected chi connectivity index (χ0v) is 10.7. The number of carbonyl (C=O) groups excluding carboxylic acids is 1. The number of nitrogens with zero attached hydrogens (tertiary/aromatic N) is 1. The maximum Gasteiger partial charge on any atom is 0.326 e. The van der Waals surface area contributed by atoms with Crippen molar-refractivity contribution in [3.05, 3.63) is 54.1 Å². The van der Waals surface area contributed by atoms with Gasteiger partial charge in [0.2, 0.25) is 5.95 Å². The van der Waals surface area contributed by atoms with Crippen LogP contribution in [0, 0.1) is 11.6 Å². The van der Waals surface area contributed by atoms with Gasteiger partial charge in [0.15, 0.2) is 0 Å². The Morgan fingerprint density at radius 3 is 2.67 bits per heavy atom. The monoisotopic (exact) mass is 288 g/mol. The first-order chi connectivity index (χ1) is 10.1. The molecule has 0 aliphatic heterocycles. The summed E-state index contributed by atoms with van der Waals surface area (Å²) in [5.74, 6) is -1.33. The van der Waals surface area contributed by atoms with E-state index in [1.807, 2.05) is 18.2 Å². The van der Waals surface area contributed by atoms with Gasteiger partial charge in [0, 0.05) is 6.07 Å². The number of carbonyl (C=O) groups is 1. The summed E-state index contributed by atoms with van der Waals surface area (Å²) in [5.41, 5.74) is 1.34. The molecule has 0 fully saturated rings. The molecule has 0 atom stereocenters. The molecule has 7 heteroatoms. The number of anilines is 2. The molecule has 106 valence electrons. The molecule has 1 heterocycles. The van der Waals surface area contributed by atoms with Gasteiger partial charge < -0.3 is 10.3 Å². The van der Waals surface area contributed by atoms with Crippen LogP contribution in [-0.2, 0) is 0 Å². The molecule has 0 spiro atoms. The minimum atomic E-state index is -0.852. The zero-order valence-electron chi connectivity index (χ0n) is 10.7. The van der Waals surface area contributed by atoms with E-state index in [0.717, 1.165) is 17.6 Å². The summed E-state index contributed by atoms with van der Waals surface area (Å²) < 4.78 is 26.2. The lowest BCUT2D eigenvalue weighted by Crippen LogP contribution is -2.20. The van der Waals surface area contributed by atoms with Crippen molar-refractivity contribution < 1.29 is 13.6 Å². The highest BCUT2D eigenvalue weighted by Gasteiger charge is 2.10. The van der Waals surface area contributed by atoms with E-state index < -0.39 is 17.7 Å². The Bertz CT molecular complexity index is 783. The Labute approximate surface area is 118 Å². The van der Waals surface area contributed by atoms with E-state index >= 15 is 0 Å². The standard InChI is InChI=1S/C14H10F2N4O/c15-8-5-6-10(9(16)7-8)19-14(21)20-13-17-11-3-1-2-4-12(11)18-13/h1-7H,(H3,17,18,19,20,21). The fraction of sp³-hybridized carbons (Fsp3) is 0. The van der Waals surface area contributed by atoms with Crippen LogP contribution in [0.5, 0.6) is 0 Å². The molecule has 0 bridgehead atoms. The molecule has 0 radical (unpaired) electrons. The SMILES string of the molecule is O=C(Nc1nc2ccccc2[nH]1)Nc1ccc(F)cc1F. The number of rotatable bonds is 2. The van der Waals surface area contributed by atoms with Crippen LogP contribution in [-0.4, -0.2) is 16.0 Å². The Hall–Kier alpha value is -2.96. The number of H-pyrrole nitrogens is 1. The first kappa shape index (κ1) is 13.0. The van der Waals surface area contributed by atoms with E-state index in [1.165, 1.54) is 0 Å². The third-order valence-corrected chi connectivity index (χ3v) is 2.80. The molecule has 3 N–H and O–H groups in total. The summed E-state index contributed by atoms with van der Waals surface area (Å²) in [5, 5.41) is 4.72. The molecule has 3 aromatic rings.